The van der Waals surface area contributed by atoms with Crippen molar-refractivity contribution in [3.05, 3.63) is 12.7 Å². The normalized spacial score (nSPS) is 14.9. The second-order valence-corrected chi connectivity index (χ2v) is 13.1. The monoisotopic (exact) mass is 624 g/mol. The van der Waals surface area contributed by atoms with Crippen molar-refractivity contribution < 1.29 is 34.2 Å². The Morgan fingerprint density at radius 1 is 0.568 bits per heavy atom. The minimum absolute atomic E-state index is 0.208. The third-order valence-electron chi connectivity index (χ3n) is 9.47. The predicted octanol–water partition coefficient (Wildman–Crippen LogP) is 8.83. The third kappa shape index (κ3) is 17.0. The van der Waals surface area contributed by atoms with Crippen molar-refractivity contribution >= 4 is 17.9 Å². The Hall–Kier alpha value is -1.89. The van der Waals surface area contributed by atoms with Crippen molar-refractivity contribution in [1.29, 1.82) is 0 Å². The Balaban J connectivity index is 4.68. The molecule has 0 amide bonds. The Labute approximate surface area is 270 Å². The standard InChI is InChI=1S/C37H69NO6/c1-5-9-10-11-12-13-14-15-16-17-18-19-20-21-22-23-24-25-26-27-31-38(32(28-6-2)35(39)40,33(29-7-3)36(41)42)34(30-8-4)37(43)44/h5,32-34H,1,6-31H2,2-4H3,(H2-,39,40,41,42,43,44). The second-order valence-electron chi connectivity index (χ2n) is 13.1. The average molecular weight is 624 g/mol. The van der Waals surface area contributed by atoms with Gasteiger partial charge in [0.2, 0.25) is 0 Å². The van der Waals surface area contributed by atoms with Crippen LogP contribution in [0.3, 0.4) is 0 Å². The first-order valence-corrected chi connectivity index (χ1v) is 18.4. The smallest absolute Gasteiger partial charge is 0.362 e. The lowest BCUT2D eigenvalue weighted by Crippen LogP contribution is -2.74. The van der Waals surface area contributed by atoms with Crippen LogP contribution in [-0.4, -0.2) is 57.3 Å². The molecule has 0 saturated carbocycles. The predicted molar refractivity (Wildman–Crippen MR) is 179 cm³/mol. The van der Waals surface area contributed by atoms with Gasteiger partial charge in [-0.05, 0) is 38.5 Å². The van der Waals surface area contributed by atoms with E-state index in [0.717, 1.165) is 25.7 Å². The van der Waals surface area contributed by atoms with Gasteiger partial charge >= 0.3 is 11.9 Å². The summed E-state index contributed by atoms with van der Waals surface area (Å²) in [6.07, 6.45) is 27.5. The van der Waals surface area contributed by atoms with Gasteiger partial charge in [-0.25, -0.2) is 9.59 Å². The van der Waals surface area contributed by atoms with Crippen LogP contribution in [-0.2, 0) is 14.4 Å². The average Bonchev–Trinajstić information content (AvgIpc) is 2.98. The minimum atomic E-state index is -1.33. The zero-order chi connectivity index (χ0) is 33.1. The Morgan fingerprint density at radius 2 is 0.864 bits per heavy atom. The topological polar surface area (TPSA) is 115 Å². The molecule has 7 heteroatoms. The van der Waals surface area contributed by atoms with Gasteiger partial charge in [-0.3, -0.25) is 4.48 Å². The highest BCUT2D eigenvalue weighted by atomic mass is 16.4. The molecule has 0 rings (SSSR count). The lowest BCUT2D eigenvalue weighted by Gasteiger charge is -2.52. The molecule has 0 fully saturated rings. The van der Waals surface area contributed by atoms with Crippen LogP contribution in [0.2, 0.25) is 0 Å². The highest BCUT2D eigenvalue weighted by Gasteiger charge is 2.54. The van der Waals surface area contributed by atoms with Gasteiger partial charge in [-0.2, -0.15) is 0 Å². The fourth-order valence-electron chi connectivity index (χ4n) is 7.14. The summed E-state index contributed by atoms with van der Waals surface area (Å²) in [6, 6.07) is -3.32. The van der Waals surface area contributed by atoms with Gasteiger partial charge in [-0.15, -0.1) is 6.58 Å². The number of carbonyl (C=O) groups excluding carboxylic acids is 1. The van der Waals surface area contributed by atoms with Crippen LogP contribution in [0.25, 0.3) is 0 Å². The maximum absolute atomic E-state index is 12.6. The maximum atomic E-state index is 12.6. The second kappa shape index (κ2) is 27.4. The van der Waals surface area contributed by atoms with Gasteiger partial charge in [-0.1, -0.05) is 130 Å². The molecule has 0 radical (unpaired) electrons. The summed E-state index contributed by atoms with van der Waals surface area (Å²) >= 11 is 0. The van der Waals surface area contributed by atoms with Gasteiger partial charge in [0.15, 0.2) is 12.1 Å². The number of nitrogens with zero attached hydrogens (tertiary/aromatic N) is 1. The molecule has 0 aliphatic rings. The zero-order valence-corrected chi connectivity index (χ0v) is 28.9. The molecule has 0 aliphatic heterocycles. The van der Waals surface area contributed by atoms with Crippen LogP contribution in [0.5, 0.6) is 0 Å². The van der Waals surface area contributed by atoms with Crippen LogP contribution in [0, 0.1) is 0 Å². The van der Waals surface area contributed by atoms with E-state index < -0.39 is 40.5 Å². The summed E-state index contributed by atoms with van der Waals surface area (Å²) < 4.78 is -0.432. The number of allylic oxidation sites excluding steroid dienone is 1. The van der Waals surface area contributed by atoms with Gasteiger partial charge in [0.1, 0.15) is 6.04 Å². The molecule has 2 N–H and O–H groups in total. The summed E-state index contributed by atoms with van der Waals surface area (Å²) in [4.78, 5) is 37.7. The number of hydrogen-bond donors (Lipinski definition) is 2. The van der Waals surface area contributed by atoms with Crippen molar-refractivity contribution in [3.63, 3.8) is 0 Å². The van der Waals surface area contributed by atoms with E-state index in [1.165, 1.54) is 89.9 Å². The fraction of sp³-hybridized carbons (Fsp3) is 0.865. The van der Waals surface area contributed by atoms with Crippen LogP contribution in [0.4, 0.5) is 0 Å². The van der Waals surface area contributed by atoms with Gasteiger partial charge < -0.3 is 20.1 Å². The lowest BCUT2D eigenvalue weighted by molar-refractivity contribution is -0.975. The molecule has 0 bridgehead atoms. The molecule has 3 atom stereocenters. The van der Waals surface area contributed by atoms with Crippen molar-refractivity contribution in [2.24, 2.45) is 0 Å². The number of rotatable bonds is 33. The largest absolute Gasteiger partial charge is 0.544 e. The highest BCUT2D eigenvalue weighted by molar-refractivity contribution is 5.77. The fourth-order valence-corrected chi connectivity index (χ4v) is 7.14. The first-order valence-electron chi connectivity index (χ1n) is 18.4. The minimum Gasteiger partial charge on any atom is -0.544 e. The first-order chi connectivity index (χ1) is 21.2. The molecule has 44 heavy (non-hydrogen) atoms. The SMILES string of the molecule is C=CCCCCCCCCCCCCCCCCCCCC[N+](C(CCC)C(=O)[O-])(C(CCC)C(=O)O)C(CCC)C(=O)O. The molecule has 0 spiro atoms. The van der Waals surface area contributed by atoms with Gasteiger partial charge in [0, 0.05) is 19.3 Å². The number of carbonyl (C=O) groups is 3. The molecular weight excluding hydrogens is 554 g/mol. The van der Waals surface area contributed by atoms with E-state index in [1.807, 2.05) is 26.8 Å². The number of hydrogen-bond acceptors (Lipinski definition) is 4. The van der Waals surface area contributed by atoms with Crippen LogP contribution in [0.15, 0.2) is 12.7 Å². The van der Waals surface area contributed by atoms with E-state index >= 15 is 0 Å². The lowest BCUT2D eigenvalue weighted by atomic mass is 9.91. The summed E-state index contributed by atoms with van der Waals surface area (Å²) in [5.74, 6) is -3.55. The van der Waals surface area contributed by atoms with Crippen molar-refractivity contribution in [2.75, 3.05) is 6.54 Å². The molecule has 7 nitrogen and oxygen atoms in total. The summed E-state index contributed by atoms with van der Waals surface area (Å²) in [5.41, 5.74) is 0. The van der Waals surface area contributed by atoms with Gasteiger partial charge in [0.25, 0.3) is 0 Å². The van der Waals surface area contributed by atoms with E-state index in [0.29, 0.717) is 25.7 Å². The number of carboxylic acid groups (broad SMARTS) is 3. The van der Waals surface area contributed by atoms with Crippen molar-refractivity contribution in [3.8, 4) is 0 Å². The summed E-state index contributed by atoms with van der Waals surface area (Å²) in [7, 11) is 0. The van der Waals surface area contributed by atoms with Gasteiger partial charge in [0.05, 0.1) is 12.5 Å². The number of carboxylic acids is 3. The van der Waals surface area contributed by atoms with E-state index in [4.69, 9.17) is 0 Å². The van der Waals surface area contributed by atoms with Crippen molar-refractivity contribution in [1.82, 2.24) is 0 Å². The van der Waals surface area contributed by atoms with E-state index in [9.17, 15) is 29.7 Å². The highest BCUT2D eigenvalue weighted by Crippen LogP contribution is 2.34. The molecule has 0 aliphatic carbocycles. The Bertz CT molecular complexity index is 694. The molecule has 0 aromatic rings. The zero-order valence-electron chi connectivity index (χ0n) is 28.9. The number of unbranched alkanes of at least 4 members (excludes halogenated alkanes) is 18. The van der Waals surface area contributed by atoms with E-state index in [-0.39, 0.29) is 25.8 Å². The summed E-state index contributed by atoms with van der Waals surface area (Å²) in [5, 5.41) is 33.1. The quantitative estimate of drug-likeness (QED) is 0.0429. The summed E-state index contributed by atoms with van der Waals surface area (Å²) in [6.45, 7) is 9.60. The van der Waals surface area contributed by atoms with E-state index in [1.54, 1.807) is 0 Å². The molecule has 0 aromatic heterocycles. The molecular formula is C37H69NO6. The molecule has 0 saturated heterocycles. The van der Waals surface area contributed by atoms with Crippen LogP contribution >= 0.6 is 0 Å². The Kier molecular flexibility index (Phi) is 26.2. The molecule has 3 unspecified atom stereocenters. The number of quaternary nitrogens is 1. The molecule has 0 aromatic carbocycles. The number of aliphatic carboxylic acids is 3. The van der Waals surface area contributed by atoms with Crippen LogP contribution in [0.1, 0.15) is 181 Å². The molecule has 0 heterocycles. The molecule has 258 valence electrons. The van der Waals surface area contributed by atoms with E-state index in [2.05, 4.69) is 6.58 Å². The third-order valence-corrected chi connectivity index (χ3v) is 9.47. The van der Waals surface area contributed by atoms with Crippen LogP contribution < -0.4 is 5.11 Å². The van der Waals surface area contributed by atoms with Crippen molar-refractivity contribution in [2.45, 2.75) is 199 Å². The maximum Gasteiger partial charge on any atom is 0.362 e. The first kappa shape index (κ1) is 42.1. The Morgan fingerprint density at radius 3 is 1.14 bits per heavy atom.